The molecule has 25 heavy (non-hydrogen) atoms. The normalized spacial score (nSPS) is 15.6. The van der Waals surface area contributed by atoms with E-state index >= 15 is 0 Å². The first kappa shape index (κ1) is 17.1. The van der Waals surface area contributed by atoms with E-state index in [4.69, 9.17) is 5.73 Å². The second-order valence-corrected chi connectivity index (χ2v) is 6.43. The van der Waals surface area contributed by atoms with Crippen LogP contribution in [0, 0.1) is 0 Å². The number of nitrogens with two attached hydrogens (primary N) is 1. The van der Waals surface area contributed by atoms with E-state index in [1.54, 1.807) is 36.7 Å². The van der Waals surface area contributed by atoms with E-state index in [0.29, 0.717) is 17.8 Å². The number of carbonyl (C=O) groups excluding carboxylic acids is 2. The van der Waals surface area contributed by atoms with Crippen molar-refractivity contribution in [2.45, 2.75) is 37.8 Å². The fourth-order valence-electron chi connectivity index (χ4n) is 3.00. The highest BCUT2D eigenvalue weighted by atomic mass is 16.2. The van der Waals surface area contributed by atoms with Crippen LogP contribution in [0.4, 0.5) is 5.69 Å². The summed E-state index contributed by atoms with van der Waals surface area (Å²) in [6, 6.07) is 10.6. The van der Waals surface area contributed by atoms with Crippen LogP contribution in [-0.2, 0) is 11.3 Å². The summed E-state index contributed by atoms with van der Waals surface area (Å²) in [5, 5.41) is 5.70. The Hall–Kier alpha value is -2.73. The van der Waals surface area contributed by atoms with Gasteiger partial charge in [-0.05, 0) is 42.7 Å². The SMILES string of the molecule is NC1(C(=O)NCc2ccc(C(=O)Nc3ccncc3)cc2)CCCC1. The van der Waals surface area contributed by atoms with Crippen molar-refractivity contribution in [2.75, 3.05) is 5.32 Å². The molecule has 0 unspecified atom stereocenters. The summed E-state index contributed by atoms with van der Waals surface area (Å²) in [6.45, 7) is 0.407. The maximum atomic E-state index is 12.2. The van der Waals surface area contributed by atoms with Gasteiger partial charge in [0.05, 0.1) is 5.54 Å². The van der Waals surface area contributed by atoms with E-state index < -0.39 is 5.54 Å². The van der Waals surface area contributed by atoms with Gasteiger partial charge in [0, 0.05) is 30.2 Å². The van der Waals surface area contributed by atoms with E-state index in [1.165, 1.54) is 0 Å². The molecule has 1 aliphatic rings. The molecule has 6 nitrogen and oxygen atoms in total. The van der Waals surface area contributed by atoms with E-state index in [1.807, 2.05) is 12.1 Å². The van der Waals surface area contributed by atoms with Gasteiger partial charge in [-0.1, -0.05) is 25.0 Å². The minimum atomic E-state index is -0.718. The van der Waals surface area contributed by atoms with Crippen LogP contribution >= 0.6 is 0 Å². The lowest BCUT2D eigenvalue weighted by atomic mass is 9.98. The van der Waals surface area contributed by atoms with Crippen LogP contribution in [0.1, 0.15) is 41.6 Å². The smallest absolute Gasteiger partial charge is 0.255 e. The molecule has 0 spiro atoms. The first-order valence-electron chi connectivity index (χ1n) is 8.44. The number of amides is 2. The van der Waals surface area contributed by atoms with Crippen LogP contribution in [0.5, 0.6) is 0 Å². The monoisotopic (exact) mass is 338 g/mol. The molecule has 0 radical (unpaired) electrons. The Morgan fingerprint density at radius 1 is 1.04 bits per heavy atom. The van der Waals surface area contributed by atoms with Crippen molar-refractivity contribution in [1.29, 1.82) is 0 Å². The van der Waals surface area contributed by atoms with Gasteiger partial charge in [0.15, 0.2) is 0 Å². The first-order chi connectivity index (χ1) is 12.1. The third-order valence-corrected chi connectivity index (χ3v) is 4.56. The van der Waals surface area contributed by atoms with Gasteiger partial charge in [-0.25, -0.2) is 0 Å². The molecular formula is C19H22N4O2. The number of aromatic nitrogens is 1. The van der Waals surface area contributed by atoms with Crippen molar-refractivity contribution < 1.29 is 9.59 Å². The van der Waals surface area contributed by atoms with Crippen molar-refractivity contribution in [3.63, 3.8) is 0 Å². The number of nitrogens with zero attached hydrogens (tertiary/aromatic N) is 1. The fraction of sp³-hybridized carbons (Fsp3) is 0.316. The summed E-state index contributed by atoms with van der Waals surface area (Å²) in [7, 11) is 0. The fourth-order valence-corrected chi connectivity index (χ4v) is 3.00. The number of hydrogen-bond donors (Lipinski definition) is 3. The number of pyridine rings is 1. The van der Waals surface area contributed by atoms with Crippen molar-refractivity contribution in [2.24, 2.45) is 5.73 Å². The zero-order valence-corrected chi connectivity index (χ0v) is 14.0. The van der Waals surface area contributed by atoms with Gasteiger partial charge in [-0.15, -0.1) is 0 Å². The Morgan fingerprint density at radius 2 is 1.68 bits per heavy atom. The Morgan fingerprint density at radius 3 is 2.32 bits per heavy atom. The molecule has 1 aromatic heterocycles. The third-order valence-electron chi connectivity index (χ3n) is 4.56. The predicted octanol–water partition coefficient (Wildman–Crippen LogP) is 2.22. The number of nitrogens with one attached hydrogen (secondary N) is 2. The third kappa shape index (κ3) is 4.22. The topological polar surface area (TPSA) is 97.1 Å². The molecular weight excluding hydrogens is 316 g/mol. The molecule has 2 aromatic rings. The summed E-state index contributed by atoms with van der Waals surface area (Å²) < 4.78 is 0. The lowest BCUT2D eigenvalue weighted by Crippen LogP contribution is -2.51. The van der Waals surface area contributed by atoms with E-state index in [0.717, 1.165) is 31.2 Å². The maximum absolute atomic E-state index is 12.2. The van der Waals surface area contributed by atoms with Gasteiger partial charge in [0.1, 0.15) is 0 Å². The van der Waals surface area contributed by atoms with Crippen LogP contribution in [0.2, 0.25) is 0 Å². The van der Waals surface area contributed by atoms with Crippen molar-refractivity contribution in [3.8, 4) is 0 Å². The highest BCUT2D eigenvalue weighted by Crippen LogP contribution is 2.27. The summed E-state index contributed by atoms with van der Waals surface area (Å²) in [5.74, 6) is -0.279. The molecule has 0 aliphatic heterocycles. The average Bonchev–Trinajstić information content (AvgIpc) is 3.09. The minimum Gasteiger partial charge on any atom is -0.350 e. The number of anilines is 1. The average molecular weight is 338 g/mol. The number of rotatable bonds is 5. The lowest BCUT2D eigenvalue weighted by molar-refractivity contribution is -0.126. The molecule has 3 rings (SSSR count). The van der Waals surface area contributed by atoms with E-state index in [-0.39, 0.29) is 11.8 Å². The molecule has 1 aromatic carbocycles. The maximum Gasteiger partial charge on any atom is 0.255 e. The second-order valence-electron chi connectivity index (χ2n) is 6.43. The molecule has 6 heteroatoms. The van der Waals surface area contributed by atoms with Gasteiger partial charge >= 0.3 is 0 Å². The standard InChI is InChI=1S/C19H22N4O2/c20-19(9-1-2-10-19)18(25)22-13-14-3-5-15(6-4-14)17(24)23-16-7-11-21-12-8-16/h3-8,11-12H,1-2,9-10,13,20H2,(H,22,25)(H,21,23,24). The predicted molar refractivity (Wildman–Crippen MR) is 95.9 cm³/mol. The summed E-state index contributed by atoms with van der Waals surface area (Å²) in [5.41, 5.74) is 7.59. The van der Waals surface area contributed by atoms with E-state index in [2.05, 4.69) is 15.6 Å². The molecule has 2 amide bonds. The Balaban J connectivity index is 1.55. The van der Waals surface area contributed by atoms with Crippen molar-refractivity contribution in [3.05, 3.63) is 59.9 Å². The van der Waals surface area contributed by atoms with Crippen LogP contribution in [-0.4, -0.2) is 22.3 Å². The Bertz CT molecular complexity index is 738. The second kappa shape index (κ2) is 7.44. The number of hydrogen-bond acceptors (Lipinski definition) is 4. The van der Waals surface area contributed by atoms with Crippen LogP contribution in [0.3, 0.4) is 0 Å². The highest BCUT2D eigenvalue weighted by Gasteiger charge is 2.36. The van der Waals surface area contributed by atoms with Gasteiger partial charge in [-0.3, -0.25) is 14.6 Å². The summed E-state index contributed by atoms with van der Waals surface area (Å²) in [4.78, 5) is 28.3. The van der Waals surface area contributed by atoms with Crippen LogP contribution < -0.4 is 16.4 Å². The van der Waals surface area contributed by atoms with Gasteiger partial charge in [0.25, 0.3) is 5.91 Å². The minimum absolute atomic E-state index is 0.0930. The summed E-state index contributed by atoms with van der Waals surface area (Å²) in [6.07, 6.45) is 6.74. The highest BCUT2D eigenvalue weighted by molar-refractivity contribution is 6.04. The van der Waals surface area contributed by atoms with Crippen molar-refractivity contribution >= 4 is 17.5 Å². The van der Waals surface area contributed by atoms with Gasteiger partial charge in [0.2, 0.25) is 5.91 Å². The lowest BCUT2D eigenvalue weighted by Gasteiger charge is -2.22. The molecule has 1 aliphatic carbocycles. The van der Waals surface area contributed by atoms with Crippen LogP contribution in [0.25, 0.3) is 0 Å². The summed E-state index contributed by atoms with van der Waals surface area (Å²) >= 11 is 0. The zero-order chi connectivity index (χ0) is 17.7. The number of benzene rings is 1. The first-order valence-corrected chi connectivity index (χ1v) is 8.44. The van der Waals surface area contributed by atoms with E-state index in [9.17, 15) is 9.59 Å². The molecule has 130 valence electrons. The van der Waals surface area contributed by atoms with Gasteiger partial charge in [-0.2, -0.15) is 0 Å². The molecule has 1 heterocycles. The molecule has 1 saturated carbocycles. The Kier molecular flexibility index (Phi) is 5.09. The largest absolute Gasteiger partial charge is 0.350 e. The zero-order valence-electron chi connectivity index (χ0n) is 14.0. The molecule has 0 saturated heterocycles. The molecule has 4 N–H and O–H groups in total. The number of carbonyl (C=O) groups is 2. The molecule has 1 fully saturated rings. The van der Waals surface area contributed by atoms with Crippen molar-refractivity contribution in [1.82, 2.24) is 10.3 Å². The van der Waals surface area contributed by atoms with Crippen LogP contribution in [0.15, 0.2) is 48.8 Å². The molecule has 0 atom stereocenters. The molecule has 0 bridgehead atoms. The quantitative estimate of drug-likeness (QED) is 0.779. The van der Waals surface area contributed by atoms with Gasteiger partial charge < -0.3 is 16.4 Å². The Labute approximate surface area is 146 Å².